The summed E-state index contributed by atoms with van der Waals surface area (Å²) in [6, 6.07) is 0. The zero-order chi connectivity index (χ0) is 14.6. The molecule has 4 fully saturated rings. The van der Waals surface area contributed by atoms with E-state index in [1.807, 2.05) is 0 Å². The van der Waals surface area contributed by atoms with Crippen LogP contribution in [0.1, 0.15) is 71.1 Å². The fraction of sp³-hybridized carbons (Fsp3) is 0.895. The van der Waals surface area contributed by atoms with Gasteiger partial charge in [0.25, 0.3) is 0 Å². The molecule has 4 aliphatic carbocycles. The Labute approximate surface area is 128 Å². The summed E-state index contributed by atoms with van der Waals surface area (Å²) < 4.78 is 0. The van der Waals surface area contributed by atoms with Crippen LogP contribution in [0.5, 0.6) is 0 Å². The van der Waals surface area contributed by atoms with E-state index in [0.29, 0.717) is 23.4 Å². The van der Waals surface area contributed by atoms with Gasteiger partial charge >= 0.3 is 0 Å². The summed E-state index contributed by atoms with van der Waals surface area (Å²) in [5, 5.41) is 0. The number of hydrogen-bond donors (Lipinski definition) is 0. The lowest BCUT2D eigenvalue weighted by atomic mass is 9.52. The first-order chi connectivity index (χ1) is 10.1. The molecule has 2 nitrogen and oxygen atoms in total. The molecule has 0 radical (unpaired) electrons. The number of ketones is 2. The van der Waals surface area contributed by atoms with Crippen molar-refractivity contribution >= 4 is 11.6 Å². The van der Waals surface area contributed by atoms with Crippen molar-refractivity contribution in [1.82, 2.24) is 0 Å². The van der Waals surface area contributed by atoms with Crippen molar-refractivity contribution in [2.45, 2.75) is 71.1 Å². The molecule has 4 saturated carbocycles. The van der Waals surface area contributed by atoms with E-state index in [4.69, 9.17) is 0 Å². The van der Waals surface area contributed by atoms with Crippen LogP contribution in [-0.4, -0.2) is 11.6 Å². The summed E-state index contributed by atoms with van der Waals surface area (Å²) in [6.07, 6.45) is 10.9. The van der Waals surface area contributed by atoms with Gasteiger partial charge in [-0.15, -0.1) is 0 Å². The van der Waals surface area contributed by atoms with E-state index in [9.17, 15) is 9.59 Å². The highest BCUT2D eigenvalue weighted by molar-refractivity contribution is 5.87. The molecule has 0 bridgehead atoms. The second-order valence-corrected chi connectivity index (χ2v) is 8.49. The van der Waals surface area contributed by atoms with Crippen LogP contribution >= 0.6 is 0 Å². The van der Waals surface area contributed by atoms with Gasteiger partial charge in [-0.25, -0.2) is 0 Å². The van der Waals surface area contributed by atoms with Crippen LogP contribution < -0.4 is 0 Å². The van der Waals surface area contributed by atoms with Crippen molar-refractivity contribution in [3.8, 4) is 0 Å². The van der Waals surface area contributed by atoms with Crippen LogP contribution in [0.2, 0.25) is 0 Å². The summed E-state index contributed by atoms with van der Waals surface area (Å²) in [6.45, 7) is 2.26. The molecule has 116 valence electrons. The average molecular weight is 288 g/mol. The van der Waals surface area contributed by atoms with Crippen molar-refractivity contribution in [1.29, 1.82) is 0 Å². The molecule has 0 heterocycles. The first kappa shape index (κ1) is 14.0. The molecule has 0 aromatic heterocycles. The average Bonchev–Trinajstić information content (AvgIpc) is 2.65. The fourth-order valence-corrected chi connectivity index (χ4v) is 6.64. The Hall–Kier alpha value is -0.660. The number of rotatable bonds is 0. The summed E-state index contributed by atoms with van der Waals surface area (Å²) in [7, 11) is 0. The van der Waals surface area contributed by atoms with Crippen molar-refractivity contribution in [2.75, 3.05) is 0 Å². The molecule has 4 rings (SSSR count). The molecule has 6 atom stereocenters. The van der Waals surface area contributed by atoms with E-state index in [0.717, 1.165) is 56.3 Å². The van der Waals surface area contributed by atoms with Gasteiger partial charge in [0.15, 0.2) is 0 Å². The summed E-state index contributed by atoms with van der Waals surface area (Å²) in [5.41, 5.74) is 0.00848. The maximum atomic E-state index is 12.3. The Morgan fingerprint density at radius 1 is 0.905 bits per heavy atom. The van der Waals surface area contributed by atoms with E-state index in [-0.39, 0.29) is 5.41 Å². The number of fused-ring (bicyclic) bond motifs is 5. The first-order valence-electron chi connectivity index (χ1n) is 9.14. The lowest BCUT2D eigenvalue weighted by molar-refractivity contribution is -0.132. The number of carbonyl (C=O) groups excluding carboxylic acids is 2. The monoisotopic (exact) mass is 288 g/mol. The van der Waals surface area contributed by atoms with Crippen LogP contribution in [-0.2, 0) is 9.59 Å². The van der Waals surface area contributed by atoms with Crippen molar-refractivity contribution in [3.05, 3.63) is 0 Å². The smallest absolute Gasteiger partial charge is 0.139 e. The zero-order valence-electron chi connectivity index (χ0n) is 13.3. The molecule has 0 amide bonds. The van der Waals surface area contributed by atoms with Crippen LogP contribution in [0.3, 0.4) is 0 Å². The highest BCUT2D eigenvalue weighted by atomic mass is 16.1. The minimum absolute atomic E-state index is 0.00848. The molecule has 0 saturated heterocycles. The van der Waals surface area contributed by atoms with Crippen LogP contribution in [0, 0.1) is 35.0 Å². The van der Waals surface area contributed by atoms with Gasteiger partial charge in [0.1, 0.15) is 11.6 Å². The summed E-state index contributed by atoms with van der Waals surface area (Å²) >= 11 is 0. The second-order valence-electron chi connectivity index (χ2n) is 8.49. The van der Waals surface area contributed by atoms with E-state index >= 15 is 0 Å². The lowest BCUT2D eigenvalue weighted by Crippen LogP contribution is -2.47. The van der Waals surface area contributed by atoms with Gasteiger partial charge in [0.2, 0.25) is 0 Å². The topological polar surface area (TPSA) is 34.1 Å². The molecule has 0 aromatic rings. The molecular formula is C19H28O2. The molecule has 21 heavy (non-hydrogen) atoms. The molecule has 0 aliphatic heterocycles. The van der Waals surface area contributed by atoms with Crippen molar-refractivity contribution in [2.24, 2.45) is 35.0 Å². The molecule has 0 spiro atoms. The Kier molecular flexibility index (Phi) is 3.28. The maximum Gasteiger partial charge on any atom is 0.139 e. The molecule has 0 aromatic carbocycles. The van der Waals surface area contributed by atoms with Gasteiger partial charge in [-0.1, -0.05) is 6.92 Å². The largest absolute Gasteiger partial charge is 0.300 e. The highest BCUT2D eigenvalue weighted by Crippen LogP contribution is 2.60. The van der Waals surface area contributed by atoms with Gasteiger partial charge in [-0.3, -0.25) is 9.59 Å². The predicted molar refractivity (Wildman–Crippen MR) is 81.7 cm³/mol. The number of hydrogen-bond acceptors (Lipinski definition) is 2. The van der Waals surface area contributed by atoms with Crippen LogP contribution in [0.4, 0.5) is 0 Å². The predicted octanol–water partition coefficient (Wildman–Crippen LogP) is 4.17. The lowest BCUT2D eigenvalue weighted by Gasteiger charge is -2.52. The van der Waals surface area contributed by atoms with Crippen molar-refractivity contribution < 1.29 is 9.59 Å². The molecule has 0 N–H and O–H groups in total. The van der Waals surface area contributed by atoms with E-state index in [1.165, 1.54) is 25.7 Å². The number of Topliss-reactive ketones (excluding diaryl/α,β-unsaturated/α-hetero) is 2. The third-order valence-electron chi connectivity index (χ3n) is 7.71. The second kappa shape index (κ2) is 4.93. The molecule has 4 aliphatic rings. The third-order valence-corrected chi connectivity index (χ3v) is 7.71. The fourth-order valence-electron chi connectivity index (χ4n) is 6.64. The minimum Gasteiger partial charge on any atom is -0.300 e. The van der Waals surface area contributed by atoms with Crippen LogP contribution in [0.15, 0.2) is 0 Å². The van der Waals surface area contributed by atoms with E-state index in [2.05, 4.69) is 6.92 Å². The minimum atomic E-state index is 0.00848. The Balaban J connectivity index is 1.59. The summed E-state index contributed by atoms with van der Waals surface area (Å²) in [4.78, 5) is 24.3. The SMILES string of the molecule is C[C@]12CC[C@H]3[C@@H](CC[C@@H]4CC(=O)CCC[C@@H]43)[C@@H]1CCC2=O. The third kappa shape index (κ3) is 2.04. The highest BCUT2D eigenvalue weighted by Gasteiger charge is 2.56. The normalized spacial score (nSPS) is 50.0. The van der Waals surface area contributed by atoms with Gasteiger partial charge in [0, 0.05) is 24.7 Å². The Bertz CT molecular complexity index is 468. The first-order valence-corrected chi connectivity index (χ1v) is 9.14. The van der Waals surface area contributed by atoms with Gasteiger partial charge in [0.05, 0.1) is 0 Å². The van der Waals surface area contributed by atoms with Gasteiger partial charge in [-0.05, 0) is 74.5 Å². The van der Waals surface area contributed by atoms with E-state index in [1.54, 1.807) is 0 Å². The maximum absolute atomic E-state index is 12.3. The van der Waals surface area contributed by atoms with Crippen molar-refractivity contribution in [3.63, 3.8) is 0 Å². The molecular weight excluding hydrogens is 260 g/mol. The zero-order valence-corrected chi connectivity index (χ0v) is 13.3. The van der Waals surface area contributed by atoms with E-state index < -0.39 is 0 Å². The Morgan fingerprint density at radius 3 is 2.62 bits per heavy atom. The summed E-state index contributed by atoms with van der Waals surface area (Å²) in [5.74, 6) is 4.77. The van der Waals surface area contributed by atoms with Gasteiger partial charge in [-0.2, -0.15) is 0 Å². The van der Waals surface area contributed by atoms with Crippen LogP contribution in [0.25, 0.3) is 0 Å². The molecule has 2 heteroatoms. The quantitative estimate of drug-likeness (QED) is 0.670. The molecule has 0 unspecified atom stereocenters. The van der Waals surface area contributed by atoms with Gasteiger partial charge < -0.3 is 0 Å². The Morgan fingerprint density at radius 2 is 1.76 bits per heavy atom. The number of carbonyl (C=O) groups is 2. The standard InChI is InChI=1S/C19H28O2/c1-19-10-9-15-14-4-2-3-13(20)11-12(14)5-6-16(15)17(19)7-8-18(19)21/h12,14-17H,2-11H2,1H3/t12-,14+,15-,16-,17+,19+/m1/s1.